The number of amides is 1. The number of ketones is 1. The second-order valence-electron chi connectivity index (χ2n) is 6.74. The Kier molecular flexibility index (Phi) is 5.04. The van der Waals surface area contributed by atoms with E-state index >= 15 is 0 Å². The molecule has 1 aromatic heterocycles. The van der Waals surface area contributed by atoms with Gasteiger partial charge in [0, 0.05) is 31.7 Å². The molecule has 132 valence electrons. The predicted octanol–water partition coefficient (Wildman–Crippen LogP) is 2.85. The molecule has 0 bridgehead atoms. The van der Waals surface area contributed by atoms with E-state index in [2.05, 4.69) is 17.0 Å². The lowest BCUT2D eigenvalue weighted by Gasteiger charge is -2.34. The number of aryl methyl sites for hydroxylation is 3. The zero-order chi connectivity index (χ0) is 18.0. The molecule has 5 heteroatoms. The maximum absolute atomic E-state index is 12.7. The highest BCUT2D eigenvalue weighted by Crippen LogP contribution is 2.18. The van der Waals surface area contributed by atoms with Crippen molar-refractivity contribution in [1.29, 1.82) is 0 Å². The average molecular weight is 340 g/mol. The molecule has 1 saturated heterocycles. The van der Waals surface area contributed by atoms with Crippen LogP contribution in [0.3, 0.4) is 0 Å². The molecule has 0 N–H and O–H groups in total. The van der Waals surface area contributed by atoms with Crippen LogP contribution in [-0.4, -0.2) is 54.2 Å². The summed E-state index contributed by atoms with van der Waals surface area (Å²) in [4.78, 5) is 28.9. The standard InChI is InChI=1S/C20H24N2O3/c1-14-11-15(2)19(16(3)12-14)17(23)13-21-6-8-22(9-7-21)20(24)18-5-4-10-25-18/h4-5,10-12H,6-9,13H2,1-3H3. The summed E-state index contributed by atoms with van der Waals surface area (Å²) in [7, 11) is 0. The molecule has 0 atom stereocenters. The lowest BCUT2D eigenvalue weighted by molar-refractivity contribution is 0.0596. The topological polar surface area (TPSA) is 53.8 Å². The SMILES string of the molecule is Cc1cc(C)c(C(=O)CN2CCN(C(=O)c3ccco3)CC2)c(C)c1. The molecule has 1 amide bonds. The molecule has 2 heterocycles. The summed E-state index contributed by atoms with van der Waals surface area (Å²) in [6.45, 7) is 9.04. The number of benzene rings is 1. The van der Waals surface area contributed by atoms with E-state index in [9.17, 15) is 9.59 Å². The smallest absolute Gasteiger partial charge is 0.289 e. The zero-order valence-corrected chi connectivity index (χ0v) is 15.0. The largest absolute Gasteiger partial charge is 0.459 e. The van der Waals surface area contributed by atoms with Crippen molar-refractivity contribution >= 4 is 11.7 Å². The number of Topliss-reactive ketones (excluding diaryl/α,β-unsaturated/α-hetero) is 1. The minimum absolute atomic E-state index is 0.0822. The number of piperazine rings is 1. The number of carbonyl (C=O) groups excluding carboxylic acids is 2. The lowest BCUT2D eigenvalue weighted by atomic mass is 9.96. The van der Waals surface area contributed by atoms with Gasteiger partial charge in [0.15, 0.2) is 11.5 Å². The van der Waals surface area contributed by atoms with Crippen LogP contribution in [0.1, 0.15) is 37.6 Å². The van der Waals surface area contributed by atoms with Gasteiger partial charge in [-0.1, -0.05) is 17.7 Å². The summed E-state index contributed by atoms with van der Waals surface area (Å²) in [5, 5.41) is 0. The number of hydrogen-bond donors (Lipinski definition) is 0. The Morgan fingerprint density at radius 1 is 1.04 bits per heavy atom. The summed E-state index contributed by atoms with van der Waals surface area (Å²) in [5.41, 5.74) is 4.08. The summed E-state index contributed by atoms with van der Waals surface area (Å²) in [6, 6.07) is 7.51. The lowest BCUT2D eigenvalue weighted by Crippen LogP contribution is -2.49. The first-order valence-corrected chi connectivity index (χ1v) is 8.62. The normalized spacial score (nSPS) is 15.4. The maximum Gasteiger partial charge on any atom is 0.289 e. The number of furan rings is 1. The van der Waals surface area contributed by atoms with Crippen molar-refractivity contribution in [2.24, 2.45) is 0 Å². The molecule has 3 rings (SSSR count). The highest BCUT2D eigenvalue weighted by atomic mass is 16.3. The summed E-state index contributed by atoms with van der Waals surface area (Å²) in [5.74, 6) is 0.442. The molecule has 1 aliphatic heterocycles. The monoisotopic (exact) mass is 340 g/mol. The fourth-order valence-electron chi connectivity index (χ4n) is 3.57. The molecule has 2 aromatic rings. The van der Waals surface area contributed by atoms with Crippen molar-refractivity contribution < 1.29 is 14.0 Å². The van der Waals surface area contributed by atoms with E-state index in [4.69, 9.17) is 4.42 Å². The van der Waals surface area contributed by atoms with E-state index < -0.39 is 0 Å². The van der Waals surface area contributed by atoms with Gasteiger partial charge in [-0.05, 0) is 44.0 Å². The average Bonchev–Trinajstić information content (AvgIpc) is 3.08. The highest BCUT2D eigenvalue weighted by molar-refractivity contribution is 6.00. The Morgan fingerprint density at radius 2 is 1.68 bits per heavy atom. The van der Waals surface area contributed by atoms with Crippen LogP contribution in [0.25, 0.3) is 0 Å². The molecular formula is C20H24N2O3. The van der Waals surface area contributed by atoms with Crippen molar-refractivity contribution in [3.8, 4) is 0 Å². The summed E-state index contributed by atoms with van der Waals surface area (Å²) in [6.07, 6.45) is 1.51. The van der Waals surface area contributed by atoms with Crippen LogP contribution in [0.2, 0.25) is 0 Å². The second kappa shape index (κ2) is 7.23. The molecular weight excluding hydrogens is 316 g/mol. The zero-order valence-electron chi connectivity index (χ0n) is 15.0. The first-order chi connectivity index (χ1) is 12.0. The van der Waals surface area contributed by atoms with Gasteiger partial charge in [-0.25, -0.2) is 0 Å². The van der Waals surface area contributed by atoms with Crippen molar-refractivity contribution in [2.45, 2.75) is 20.8 Å². The van der Waals surface area contributed by atoms with Crippen molar-refractivity contribution in [3.05, 3.63) is 58.5 Å². The second-order valence-corrected chi connectivity index (χ2v) is 6.74. The summed E-state index contributed by atoms with van der Waals surface area (Å²) < 4.78 is 5.17. The van der Waals surface area contributed by atoms with E-state index in [0.717, 1.165) is 16.7 Å². The molecule has 0 aliphatic carbocycles. The van der Waals surface area contributed by atoms with Gasteiger partial charge in [-0.3, -0.25) is 14.5 Å². The molecule has 0 radical (unpaired) electrons. The van der Waals surface area contributed by atoms with Gasteiger partial charge in [0.25, 0.3) is 5.91 Å². The van der Waals surface area contributed by atoms with Gasteiger partial charge in [0.05, 0.1) is 12.8 Å². The van der Waals surface area contributed by atoms with Crippen molar-refractivity contribution in [1.82, 2.24) is 9.80 Å². The van der Waals surface area contributed by atoms with Gasteiger partial charge < -0.3 is 9.32 Å². The van der Waals surface area contributed by atoms with Crippen LogP contribution in [0, 0.1) is 20.8 Å². The molecule has 0 saturated carbocycles. The Bertz CT molecular complexity index is 749. The number of hydrogen-bond acceptors (Lipinski definition) is 4. The van der Waals surface area contributed by atoms with Crippen LogP contribution in [0.4, 0.5) is 0 Å². The van der Waals surface area contributed by atoms with Crippen LogP contribution < -0.4 is 0 Å². The van der Waals surface area contributed by atoms with Gasteiger partial charge in [-0.2, -0.15) is 0 Å². The maximum atomic E-state index is 12.7. The molecule has 0 unspecified atom stereocenters. The molecule has 1 fully saturated rings. The first-order valence-electron chi connectivity index (χ1n) is 8.62. The predicted molar refractivity (Wildman–Crippen MR) is 96.0 cm³/mol. The van der Waals surface area contributed by atoms with Gasteiger partial charge in [0.2, 0.25) is 0 Å². The van der Waals surface area contributed by atoms with Gasteiger partial charge in [-0.15, -0.1) is 0 Å². The van der Waals surface area contributed by atoms with E-state index in [1.54, 1.807) is 17.0 Å². The van der Waals surface area contributed by atoms with Crippen LogP contribution in [0.5, 0.6) is 0 Å². The Balaban J connectivity index is 1.59. The quantitative estimate of drug-likeness (QED) is 0.803. The molecule has 25 heavy (non-hydrogen) atoms. The minimum Gasteiger partial charge on any atom is -0.459 e. The van der Waals surface area contributed by atoms with E-state index in [0.29, 0.717) is 38.5 Å². The van der Waals surface area contributed by atoms with Crippen LogP contribution >= 0.6 is 0 Å². The minimum atomic E-state index is -0.0822. The fourth-order valence-corrected chi connectivity index (χ4v) is 3.57. The third-order valence-corrected chi connectivity index (χ3v) is 4.71. The number of carbonyl (C=O) groups is 2. The fraction of sp³-hybridized carbons (Fsp3) is 0.400. The summed E-state index contributed by atoms with van der Waals surface area (Å²) >= 11 is 0. The van der Waals surface area contributed by atoms with Gasteiger partial charge in [0.1, 0.15) is 0 Å². The third kappa shape index (κ3) is 3.82. The Morgan fingerprint density at radius 3 is 2.24 bits per heavy atom. The van der Waals surface area contributed by atoms with Crippen molar-refractivity contribution in [3.63, 3.8) is 0 Å². The number of rotatable bonds is 4. The van der Waals surface area contributed by atoms with Gasteiger partial charge >= 0.3 is 0 Å². The Labute approximate surface area is 148 Å². The van der Waals surface area contributed by atoms with Crippen LogP contribution in [-0.2, 0) is 0 Å². The number of nitrogens with zero attached hydrogens (tertiary/aromatic N) is 2. The van der Waals surface area contributed by atoms with E-state index in [-0.39, 0.29) is 11.7 Å². The molecule has 1 aromatic carbocycles. The van der Waals surface area contributed by atoms with Crippen molar-refractivity contribution in [2.75, 3.05) is 32.7 Å². The Hall–Kier alpha value is -2.40. The van der Waals surface area contributed by atoms with E-state index in [1.807, 2.05) is 20.8 Å². The molecule has 5 nitrogen and oxygen atoms in total. The molecule has 1 aliphatic rings. The first kappa shape index (κ1) is 17.4. The third-order valence-electron chi connectivity index (χ3n) is 4.71. The van der Waals surface area contributed by atoms with Crippen LogP contribution in [0.15, 0.2) is 34.9 Å². The highest BCUT2D eigenvalue weighted by Gasteiger charge is 2.25. The molecule has 0 spiro atoms. The van der Waals surface area contributed by atoms with E-state index in [1.165, 1.54) is 11.8 Å².